The van der Waals surface area contributed by atoms with Crippen molar-refractivity contribution in [2.24, 2.45) is 5.73 Å². The number of hydrogen-bond donors (Lipinski definition) is 3. The van der Waals surface area contributed by atoms with Crippen LogP contribution in [0.25, 0.3) is 10.6 Å². The van der Waals surface area contributed by atoms with Crippen LogP contribution in [0.15, 0.2) is 36.5 Å². The van der Waals surface area contributed by atoms with Gasteiger partial charge in [-0.3, -0.25) is 9.59 Å². The number of halogens is 2. The zero-order valence-electron chi connectivity index (χ0n) is 21.5. The van der Waals surface area contributed by atoms with Crippen molar-refractivity contribution >= 4 is 52.3 Å². The van der Waals surface area contributed by atoms with E-state index in [2.05, 4.69) is 20.6 Å². The second kappa shape index (κ2) is 12.2. The molecule has 2 aliphatic heterocycles. The maximum Gasteiger partial charge on any atom is 0.255 e. The third-order valence-electron chi connectivity index (χ3n) is 7.06. The second-order valence-electron chi connectivity index (χ2n) is 9.65. The fourth-order valence-corrected chi connectivity index (χ4v) is 6.42. The quantitative estimate of drug-likeness (QED) is 0.358. The molecule has 9 nitrogen and oxygen atoms in total. The van der Waals surface area contributed by atoms with Gasteiger partial charge in [0.1, 0.15) is 11.7 Å². The molecule has 0 bridgehead atoms. The molecular formula is C27H30Cl2N6O3S. The lowest BCUT2D eigenvalue weighted by Gasteiger charge is -2.32. The van der Waals surface area contributed by atoms with Gasteiger partial charge >= 0.3 is 0 Å². The lowest BCUT2D eigenvalue weighted by atomic mass is 10.0. The zero-order chi connectivity index (χ0) is 27.5. The molecule has 1 unspecified atom stereocenters. The summed E-state index contributed by atoms with van der Waals surface area (Å²) in [6, 6.07) is 8.19. The Kier molecular flexibility index (Phi) is 8.68. The minimum absolute atomic E-state index is 0.195. The topological polar surface area (TPSA) is 122 Å². The zero-order valence-corrected chi connectivity index (χ0v) is 23.8. The van der Waals surface area contributed by atoms with E-state index >= 15 is 0 Å². The van der Waals surface area contributed by atoms with E-state index in [9.17, 15) is 9.59 Å². The third-order valence-corrected chi connectivity index (χ3v) is 8.78. The van der Waals surface area contributed by atoms with Crippen molar-refractivity contribution < 1.29 is 14.3 Å². The highest BCUT2D eigenvalue weighted by atomic mass is 35.5. The Labute approximate surface area is 241 Å². The summed E-state index contributed by atoms with van der Waals surface area (Å²) in [5.74, 6) is 0.0274. The van der Waals surface area contributed by atoms with Gasteiger partial charge in [-0.15, -0.1) is 11.3 Å². The van der Waals surface area contributed by atoms with Crippen molar-refractivity contribution in [3.8, 4) is 10.6 Å². The molecule has 4 N–H and O–H groups in total. The molecule has 0 radical (unpaired) electrons. The number of nitrogens with one attached hydrogen (secondary N) is 2. The Morgan fingerprint density at radius 2 is 2.08 bits per heavy atom. The van der Waals surface area contributed by atoms with E-state index in [1.807, 2.05) is 18.2 Å². The standard InChI is InChI=1S/C27H30Cl2N6O3S/c1-15(25(36)33-21(13-30)16-3-2-4-17(28)11-16)35-8-5-22-19(26(35)37)12-23(39-22)24-20(29)14-31-27(34-24)32-18-6-9-38-10-7-18/h2-4,11-12,14-15,18,21H,5-10,13,30H2,1H3,(H,33,36)(H,31,32,34)/t15?,21-/m1/s1. The van der Waals surface area contributed by atoms with Crippen molar-refractivity contribution in [2.45, 2.75) is 44.3 Å². The van der Waals surface area contributed by atoms with Gasteiger partial charge < -0.3 is 26.0 Å². The van der Waals surface area contributed by atoms with E-state index in [-0.39, 0.29) is 24.4 Å². The first-order chi connectivity index (χ1) is 18.8. The smallest absolute Gasteiger partial charge is 0.255 e. The number of carbonyl (C=O) groups is 2. The van der Waals surface area contributed by atoms with Crippen LogP contribution in [0.3, 0.4) is 0 Å². The van der Waals surface area contributed by atoms with E-state index < -0.39 is 12.1 Å². The van der Waals surface area contributed by atoms with E-state index in [0.29, 0.717) is 53.4 Å². The third kappa shape index (κ3) is 6.20. The van der Waals surface area contributed by atoms with Crippen LogP contribution in [0.5, 0.6) is 0 Å². The van der Waals surface area contributed by atoms with Gasteiger partial charge in [0.2, 0.25) is 11.9 Å². The normalized spacial score (nSPS) is 17.4. The summed E-state index contributed by atoms with van der Waals surface area (Å²) < 4.78 is 5.42. The Balaban J connectivity index is 1.30. The molecule has 1 aromatic carbocycles. The summed E-state index contributed by atoms with van der Waals surface area (Å²) in [7, 11) is 0. The molecule has 2 amide bonds. The monoisotopic (exact) mass is 588 g/mol. The molecule has 206 valence electrons. The van der Waals surface area contributed by atoms with E-state index in [4.69, 9.17) is 33.7 Å². The molecule has 0 aliphatic carbocycles. The van der Waals surface area contributed by atoms with Gasteiger partial charge in [0.05, 0.1) is 27.7 Å². The van der Waals surface area contributed by atoms with Crippen LogP contribution in [-0.2, 0) is 16.0 Å². The molecule has 1 fully saturated rings. The van der Waals surface area contributed by atoms with E-state index in [0.717, 1.165) is 28.2 Å². The van der Waals surface area contributed by atoms with Crippen molar-refractivity contribution in [3.63, 3.8) is 0 Å². The first-order valence-electron chi connectivity index (χ1n) is 12.9. The summed E-state index contributed by atoms with van der Waals surface area (Å²) in [5, 5.41) is 7.31. The van der Waals surface area contributed by atoms with Gasteiger partial charge in [-0.05, 0) is 43.5 Å². The molecule has 0 saturated carbocycles. The van der Waals surface area contributed by atoms with Crippen molar-refractivity contribution in [1.29, 1.82) is 0 Å². The molecule has 2 atom stereocenters. The van der Waals surface area contributed by atoms with Crippen LogP contribution in [-0.4, -0.2) is 65.1 Å². The van der Waals surface area contributed by atoms with Gasteiger partial charge in [-0.25, -0.2) is 9.97 Å². The minimum atomic E-state index is -0.680. The first-order valence-corrected chi connectivity index (χ1v) is 14.5. The van der Waals surface area contributed by atoms with Gasteiger partial charge in [0.15, 0.2) is 0 Å². The largest absolute Gasteiger partial charge is 0.381 e. The summed E-state index contributed by atoms with van der Waals surface area (Å²) in [5.41, 5.74) is 7.90. The number of benzene rings is 1. The molecule has 2 aromatic heterocycles. The lowest BCUT2D eigenvalue weighted by molar-refractivity contribution is -0.125. The van der Waals surface area contributed by atoms with Gasteiger partial charge in [0.25, 0.3) is 5.91 Å². The molecule has 2 aliphatic rings. The predicted molar refractivity (Wildman–Crippen MR) is 153 cm³/mol. The average molecular weight is 590 g/mol. The number of nitrogens with two attached hydrogens (primary N) is 1. The molecule has 12 heteroatoms. The van der Waals surface area contributed by atoms with Crippen molar-refractivity contribution in [3.05, 3.63) is 62.6 Å². The second-order valence-corrected chi connectivity index (χ2v) is 11.6. The highest BCUT2D eigenvalue weighted by molar-refractivity contribution is 7.16. The Bertz CT molecular complexity index is 1360. The molecule has 0 spiro atoms. The van der Waals surface area contributed by atoms with Crippen LogP contribution < -0.4 is 16.4 Å². The highest BCUT2D eigenvalue weighted by Crippen LogP contribution is 2.37. The molecule has 3 aromatic rings. The van der Waals surface area contributed by atoms with E-state index in [1.54, 1.807) is 30.2 Å². The number of nitrogens with zero attached hydrogens (tertiary/aromatic N) is 3. The number of aromatic nitrogens is 2. The maximum atomic E-state index is 13.5. The number of fused-ring (bicyclic) bond motifs is 1. The first kappa shape index (κ1) is 27.8. The fourth-order valence-electron chi connectivity index (χ4n) is 4.83. The van der Waals surface area contributed by atoms with Crippen LogP contribution in [0, 0.1) is 0 Å². The van der Waals surface area contributed by atoms with Gasteiger partial charge in [0, 0.05) is 48.7 Å². The summed E-state index contributed by atoms with van der Waals surface area (Å²) >= 11 is 14.1. The Morgan fingerprint density at radius 3 is 2.82 bits per heavy atom. The maximum absolute atomic E-state index is 13.5. The molecule has 39 heavy (non-hydrogen) atoms. The molecule has 5 rings (SSSR count). The molecular weight excluding hydrogens is 559 g/mol. The van der Waals surface area contributed by atoms with Crippen molar-refractivity contribution in [2.75, 3.05) is 31.6 Å². The van der Waals surface area contributed by atoms with Crippen LogP contribution in [0.2, 0.25) is 10.0 Å². The average Bonchev–Trinajstić information content (AvgIpc) is 3.38. The SMILES string of the molecule is CC(C(=O)N[C@H](CN)c1cccc(Cl)c1)N1CCc2sc(-c3nc(NC4CCOCC4)ncc3Cl)cc2C1=O. The van der Waals surface area contributed by atoms with E-state index in [1.165, 1.54) is 11.3 Å². The highest BCUT2D eigenvalue weighted by Gasteiger charge is 2.34. The number of anilines is 1. The van der Waals surface area contributed by atoms with Crippen LogP contribution >= 0.6 is 34.5 Å². The van der Waals surface area contributed by atoms with Crippen LogP contribution in [0.4, 0.5) is 5.95 Å². The summed E-state index contributed by atoms with van der Waals surface area (Å²) in [4.78, 5) is 39.0. The number of amides is 2. The van der Waals surface area contributed by atoms with Gasteiger partial charge in [-0.1, -0.05) is 35.3 Å². The number of ether oxygens (including phenoxy) is 1. The summed E-state index contributed by atoms with van der Waals surface area (Å²) in [6.45, 7) is 3.78. The lowest BCUT2D eigenvalue weighted by Crippen LogP contribution is -2.51. The van der Waals surface area contributed by atoms with Crippen molar-refractivity contribution in [1.82, 2.24) is 20.2 Å². The predicted octanol–water partition coefficient (Wildman–Crippen LogP) is 4.31. The van der Waals surface area contributed by atoms with Crippen LogP contribution in [0.1, 0.15) is 46.6 Å². The fraction of sp³-hybridized carbons (Fsp3) is 0.407. The number of rotatable bonds is 8. The molecule has 4 heterocycles. The Hall–Kier alpha value is -2.76. The Morgan fingerprint density at radius 1 is 1.28 bits per heavy atom. The minimum Gasteiger partial charge on any atom is -0.381 e. The summed E-state index contributed by atoms with van der Waals surface area (Å²) in [6.07, 6.45) is 3.98. The number of hydrogen-bond acceptors (Lipinski definition) is 8. The molecule has 1 saturated heterocycles. The number of carbonyl (C=O) groups excluding carboxylic acids is 2. The number of thiophene rings is 1. The van der Waals surface area contributed by atoms with Gasteiger partial charge in [-0.2, -0.15) is 0 Å².